The van der Waals surface area contributed by atoms with Gasteiger partial charge < -0.3 is 25.3 Å². The number of hydrogen-bond donors (Lipinski definition) is 4. The first kappa shape index (κ1) is 21.8. The molecule has 2 aromatic carbocycles. The van der Waals surface area contributed by atoms with Crippen molar-refractivity contribution in [2.45, 2.75) is 31.5 Å². The third kappa shape index (κ3) is 4.44. The average Bonchev–Trinajstić information content (AvgIpc) is 3.12. The summed E-state index contributed by atoms with van der Waals surface area (Å²) >= 11 is 0. The van der Waals surface area contributed by atoms with Gasteiger partial charge in [-0.15, -0.1) is 0 Å². The number of carbonyl (C=O) groups is 1. The van der Waals surface area contributed by atoms with Crippen molar-refractivity contribution >= 4 is 6.09 Å². The fourth-order valence-electron chi connectivity index (χ4n) is 4.14. The van der Waals surface area contributed by atoms with Gasteiger partial charge in [0.05, 0.1) is 6.10 Å². The Morgan fingerprint density at radius 2 is 1.72 bits per heavy atom. The number of H-pyrrole nitrogens is 1. The summed E-state index contributed by atoms with van der Waals surface area (Å²) in [6.45, 7) is 1.97. The van der Waals surface area contributed by atoms with E-state index in [9.17, 15) is 19.8 Å². The molecule has 0 aliphatic heterocycles. The number of aliphatic hydroxyl groups excluding tert-OH is 2. The van der Waals surface area contributed by atoms with Gasteiger partial charge in [-0.05, 0) is 47.2 Å². The molecule has 1 aromatic heterocycles. The largest absolute Gasteiger partial charge is 0.449 e. The molecule has 166 valence electrons. The van der Waals surface area contributed by atoms with Crippen LogP contribution in [0.25, 0.3) is 11.1 Å². The molecule has 4 rings (SSSR count). The zero-order chi connectivity index (χ0) is 22.7. The molecular formula is C25H26N2O5. The number of nitrogens with one attached hydrogen (secondary N) is 2. The molecule has 1 aliphatic rings. The molecule has 0 bridgehead atoms. The molecule has 0 radical (unpaired) electrons. The summed E-state index contributed by atoms with van der Waals surface area (Å²) in [7, 11) is 0. The van der Waals surface area contributed by atoms with Crippen molar-refractivity contribution in [2.24, 2.45) is 0 Å². The normalized spacial score (nSPS) is 14.3. The van der Waals surface area contributed by atoms with Crippen molar-refractivity contribution in [1.29, 1.82) is 0 Å². The molecule has 7 nitrogen and oxygen atoms in total. The summed E-state index contributed by atoms with van der Waals surface area (Å²) in [6, 6.07) is 17.7. The lowest BCUT2D eigenvalue weighted by molar-refractivity contribution is 0.0134. The summed E-state index contributed by atoms with van der Waals surface area (Å²) < 4.78 is 5.46. The van der Waals surface area contributed by atoms with Crippen molar-refractivity contribution in [3.8, 4) is 11.1 Å². The van der Waals surface area contributed by atoms with Gasteiger partial charge in [-0.2, -0.15) is 0 Å². The van der Waals surface area contributed by atoms with E-state index in [-0.39, 0.29) is 31.0 Å². The number of alkyl carbamates (subject to hydrolysis) is 1. The molecule has 0 spiro atoms. The molecule has 0 saturated heterocycles. The van der Waals surface area contributed by atoms with Crippen LogP contribution in [-0.4, -0.2) is 40.5 Å². The summed E-state index contributed by atoms with van der Waals surface area (Å²) in [6.07, 6.45) is -1.34. The van der Waals surface area contributed by atoms with Gasteiger partial charge in [-0.25, -0.2) is 4.79 Å². The fourth-order valence-corrected chi connectivity index (χ4v) is 4.14. The van der Waals surface area contributed by atoms with Crippen LogP contribution in [-0.2, 0) is 4.74 Å². The number of rotatable bonds is 7. The minimum absolute atomic E-state index is 0.0240. The van der Waals surface area contributed by atoms with Crippen LogP contribution >= 0.6 is 0 Å². The minimum Gasteiger partial charge on any atom is -0.449 e. The van der Waals surface area contributed by atoms with Crippen LogP contribution in [0.5, 0.6) is 0 Å². The second-order valence-electron chi connectivity index (χ2n) is 8.00. The lowest BCUT2D eigenvalue weighted by atomic mass is 9.98. The number of carbonyl (C=O) groups excluding carboxylic acids is 1. The number of fused-ring (bicyclic) bond motifs is 3. The zero-order valence-electron chi connectivity index (χ0n) is 17.7. The second kappa shape index (κ2) is 9.38. The third-order valence-corrected chi connectivity index (χ3v) is 5.87. The van der Waals surface area contributed by atoms with E-state index in [1.807, 2.05) is 24.3 Å². The van der Waals surface area contributed by atoms with Gasteiger partial charge in [0.2, 0.25) is 0 Å². The molecule has 1 amide bonds. The first-order chi connectivity index (χ1) is 15.5. The van der Waals surface area contributed by atoms with E-state index in [2.05, 4.69) is 34.6 Å². The SMILES string of the molecule is Cc1cc(C(O)C(O)CCNC(=O)OCC2c3ccccc3-c3ccccc32)c[nH]c1=O. The molecule has 1 aliphatic carbocycles. The summed E-state index contributed by atoms with van der Waals surface area (Å²) in [5.41, 5.74) is 5.21. The Kier molecular flexibility index (Phi) is 6.39. The van der Waals surface area contributed by atoms with Gasteiger partial charge in [0.15, 0.2) is 0 Å². The van der Waals surface area contributed by atoms with E-state index < -0.39 is 18.3 Å². The number of ether oxygens (including phenoxy) is 1. The molecular weight excluding hydrogens is 408 g/mol. The molecule has 1 heterocycles. The number of benzene rings is 2. The Labute approximate surface area is 185 Å². The smallest absolute Gasteiger partial charge is 0.407 e. The number of aromatic nitrogens is 1. The monoisotopic (exact) mass is 434 g/mol. The first-order valence-corrected chi connectivity index (χ1v) is 10.6. The number of aliphatic hydroxyl groups is 2. The lowest BCUT2D eigenvalue weighted by Gasteiger charge is -2.19. The third-order valence-electron chi connectivity index (χ3n) is 5.87. The highest BCUT2D eigenvalue weighted by Crippen LogP contribution is 2.44. The van der Waals surface area contributed by atoms with Crippen LogP contribution in [0.15, 0.2) is 65.6 Å². The Hall–Kier alpha value is -3.42. The average molecular weight is 434 g/mol. The Morgan fingerprint density at radius 3 is 2.34 bits per heavy atom. The number of pyridine rings is 1. The maximum absolute atomic E-state index is 12.2. The molecule has 0 saturated carbocycles. The van der Waals surface area contributed by atoms with Crippen LogP contribution < -0.4 is 10.9 Å². The van der Waals surface area contributed by atoms with Crippen molar-refractivity contribution in [1.82, 2.24) is 10.3 Å². The highest BCUT2D eigenvalue weighted by atomic mass is 16.5. The number of aromatic amines is 1. The Balaban J connectivity index is 1.29. The van der Waals surface area contributed by atoms with Crippen LogP contribution in [0.1, 0.15) is 40.7 Å². The maximum atomic E-state index is 12.2. The van der Waals surface area contributed by atoms with Crippen LogP contribution in [0.4, 0.5) is 4.79 Å². The van der Waals surface area contributed by atoms with Crippen LogP contribution in [0, 0.1) is 6.92 Å². The van der Waals surface area contributed by atoms with Crippen molar-refractivity contribution in [3.05, 3.63) is 93.4 Å². The summed E-state index contributed by atoms with van der Waals surface area (Å²) in [5, 5.41) is 23.1. The highest BCUT2D eigenvalue weighted by Gasteiger charge is 2.29. The fraction of sp³-hybridized carbons (Fsp3) is 0.280. The standard InChI is InChI=1S/C25H26N2O5/c1-15-12-16(13-27-24(15)30)23(29)22(28)10-11-26-25(31)32-14-21-19-8-4-2-6-17(19)18-7-3-5-9-20(18)21/h2-9,12-13,21-23,28-29H,10-11,14H2,1H3,(H,26,31)(H,27,30). The second-order valence-corrected chi connectivity index (χ2v) is 8.00. The Bertz CT molecular complexity index is 1130. The lowest BCUT2D eigenvalue weighted by Crippen LogP contribution is -2.31. The molecule has 32 heavy (non-hydrogen) atoms. The summed E-state index contributed by atoms with van der Waals surface area (Å²) in [4.78, 5) is 26.2. The molecule has 4 N–H and O–H groups in total. The van der Waals surface area contributed by atoms with E-state index in [0.717, 1.165) is 22.3 Å². The van der Waals surface area contributed by atoms with E-state index in [1.54, 1.807) is 6.92 Å². The van der Waals surface area contributed by atoms with Crippen molar-refractivity contribution in [3.63, 3.8) is 0 Å². The van der Waals surface area contributed by atoms with Gasteiger partial charge in [-0.3, -0.25) is 4.79 Å². The molecule has 2 unspecified atom stereocenters. The van der Waals surface area contributed by atoms with Crippen molar-refractivity contribution < 1.29 is 19.7 Å². The van der Waals surface area contributed by atoms with E-state index in [0.29, 0.717) is 11.1 Å². The molecule has 3 aromatic rings. The number of hydrogen-bond acceptors (Lipinski definition) is 5. The van der Waals surface area contributed by atoms with Gasteiger partial charge in [-0.1, -0.05) is 48.5 Å². The highest BCUT2D eigenvalue weighted by molar-refractivity contribution is 5.79. The van der Waals surface area contributed by atoms with Crippen LogP contribution in [0.2, 0.25) is 0 Å². The van der Waals surface area contributed by atoms with Crippen molar-refractivity contribution in [2.75, 3.05) is 13.2 Å². The van der Waals surface area contributed by atoms with E-state index in [1.165, 1.54) is 12.3 Å². The molecule has 7 heteroatoms. The summed E-state index contributed by atoms with van der Waals surface area (Å²) in [5.74, 6) is -0.0240. The molecule has 0 fully saturated rings. The van der Waals surface area contributed by atoms with Gasteiger partial charge in [0, 0.05) is 24.2 Å². The van der Waals surface area contributed by atoms with Gasteiger partial charge in [0.1, 0.15) is 12.7 Å². The topological polar surface area (TPSA) is 112 Å². The number of aryl methyl sites for hydroxylation is 1. The quantitative estimate of drug-likeness (QED) is 0.457. The van der Waals surface area contributed by atoms with Gasteiger partial charge >= 0.3 is 6.09 Å². The maximum Gasteiger partial charge on any atom is 0.407 e. The predicted molar refractivity (Wildman–Crippen MR) is 120 cm³/mol. The molecule has 2 atom stereocenters. The van der Waals surface area contributed by atoms with Crippen LogP contribution in [0.3, 0.4) is 0 Å². The van der Waals surface area contributed by atoms with E-state index in [4.69, 9.17) is 4.74 Å². The zero-order valence-corrected chi connectivity index (χ0v) is 17.7. The predicted octanol–water partition coefficient (Wildman–Crippen LogP) is 3.01. The number of amides is 1. The Morgan fingerprint density at radius 1 is 1.09 bits per heavy atom. The van der Waals surface area contributed by atoms with Gasteiger partial charge in [0.25, 0.3) is 5.56 Å². The minimum atomic E-state index is -1.17. The van der Waals surface area contributed by atoms with E-state index >= 15 is 0 Å². The first-order valence-electron chi connectivity index (χ1n) is 10.6.